The first-order chi connectivity index (χ1) is 15.7. The van der Waals surface area contributed by atoms with Crippen molar-refractivity contribution in [2.45, 2.75) is 57.0 Å². The molecule has 0 radical (unpaired) electrons. The van der Waals surface area contributed by atoms with Gasteiger partial charge in [-0.3, -0.25) is 14.5 Å². The third-order valence-electron chi connectivity index (χ3n) is 6.29. The number of carbonyl (C=O) groups excluding carboxylic acids is 2. The summed E-state index contributed by atoms with van der Waals surface area (Å²) in [6.07, 6.45) is 2.77. The highest BCUT2D eigenvalue weighted by molar-refractivity contribution is 7.89. The number of sulfonamides is 1. The first-order valence-electron chi connectivity index (χ1n) is 11.3. The average Bonchev–Trinajstić information content (AvgIpc) is 3.39. The number of hydrogen-bond donors (Lipinski definition) is 2. The second kappa shape index (κ2) is 9.54. The van der Waals surface area contributed by atoms with Crippen molar-refractivity contribution in [1.82, 2.24) is 9.21 Å². The van der Waals surface area contributed by atoms with Gasteiger partial charge >= 0.3 is 0 Å². The summed E-state index contributed by atoms with van der Waals surface area (Å²) in [4.78, 5) is 29.0. The molecule has 1 aromatic carbocycles. The lowest BCUT2D eigenvalue weighted by molar-refractivity contribution is -0.119. The van der Waals surface area contributed by atoms with E-state index in [1.54, 1.807) is 24.3 Å². The molecule has 2 amide bonds. The zero-order valence-corrected chi connectivity index (χ0v) is 20.6. The van der Waals surface area contributed by atoms with Gasteiger partial charge in [-0.25, -0.2) is 8.42 Å². The van der Waals surface area contributed by atoms with Crippen LogP contribution in [0.1, 0.15) is 52.5 Å². The summed E-state index contributed by atoms with van der Waals surface area (Å²) in [7, 11) is -3.81. The van der Waals surface area contributed by atoms with Gasteiger partial charge in [0.15, 0.2) is 0 Å². The van der Waals surface area contributed by atoms with E-state index in [1.165, 1.54) is 15.6 Å². The van der Waals surface area contributed by atoms with Gasteiger partial charge in [0.05, 0.1) is 10.5 Å². The first kappa shape index (κ1) is 23.9. The average molecular weight is 491 g/mol. The monoisotopic (exact) mass is 490 g/mol. The molecule has 2 aliphatic heterocycles. The SMILES string of the molecule is CCCN1CCc2c(sc(NC(=O)C3CCCN3S(=O)(=O)c3ccc(C)cc3)c2C(N)=O)C1. The summed E-state index contributed by atoms with van der Waals surface area (Å²) >= 11 is 1.37. The number of carbonyl (C=O) groups is 2. The van der Waals surface area contributed by atoms with Crippen LogP contribution in [0.5, 0.6) is 0 Å². The van der Waals surface area contributed by atoms with Gasteiger partial charge in [-0.05, 0) is 56.8 Å². The van der Waals surface area contributed by atoms with Crippen molar-refractivity contribution in [3.8, 4) is 0 Å². The topological polar surface area (TPSA) is 113 Å². The molecule has 3 N–H and O–H groups in total. The van der Waals surface area contributed by atoms with Crippen LogP contribution >= 0.6 is 11.3 Å². The van der Waals surface area contributed by atoms with Gasteiger partial charge < -0.3 is 11.1 Å². The van der Waals surface area contributed by atoms with Gasteiger partial charge in [0.1, 0.15) is 11.0 Å². The molecular weight excluding hydrogens is 460 g/mol. The number of fused-ring (bicyclic) bond motifs is 1. The Hall–Kier alpha value is -2.27. The summed E-state index contributed by atoms with van der Waals surface area (Å²) in [6.45, 7) is 6.84. The molecule has 0 aliphatic carbocycles. The number of benzene rings is 1. The van der Waals surface area contributed by atoms with Gasteiger partial charge in [0, 0.05) is 24.5 Å². The normalized spacial score (nSPS) is 19.4. The number of thiophene rings is 1. The number of amides is 2. The van der Waals surface area contributed by atoms with Gasteiger partial charge in [-0.2, -0.15) is 4.31 Å². The van der Waals surface area contributed by atoms with Crippen LogP contribution in [0.4, 0.5) is 5.00 Å². The minimum Gasteiger partial charge on any atom is -0.365 e. The highest BCUT2D eigenvalue weighted by Crippen LogP contribution is 2.37. The van der Waals surface area contributed by atoms with E-state index in [-0.39, 0.29) is 11.4 Å². The van der Waals surface area contributed by atoms with E-state index in [2.05, 4.69) is 17.1 Å². The number of nitrogens with two attached hydrogens (primary N) is 1. The molecule has 33 heavy (non-hydrogen) atoms. The number of aryl methyl sites for hydroxylation is 1. The van der Waals surface area contributed by atoms with Crippen molar-refractivity contribution in [1.29, 1.82) is 0 Å². The van der Waals surface area contributed by atoms with Crippen molar-refractivity contribution in [3.63, 3.8) is 0 Å². The van der Waals surface area contributed by atoms with Crippen LogP contribution in [-0.2, 0) is 27.8 Å². The molecular formula is C23H30N4O4S2. The molecule has 0 spiro atoms. The molecule has 1 unspecified atom stereocenters. The Morgan fingerprint density at radius 1 is 1.21 bits per heavy atom. The van der Waals surface area contributed by atoms with Crippen molar-refractivity contribution in [3.05, 3.63) is 45.8 Å². The molecule has 0 saturated carbocycles. The maximum Gasteiger partial charge on any atom is 0.251 e. The molecule has 1 saturated heterocycles. The highest BCUT2D eigenvalue weighted by Gasteiger charge is 2.40. The zero-order valence-electron chi connectivity index (χ0n) is 19.0. The Morgan fingerprint density at radius 3 is 2.61 bits per heavy atom. The molecule has 1 atom stereocenters. The van der Waals surface area contributed by atoms with E-state index in [0.29, 0.717) is 29.8 Å². The van der Waals surface area contributed by atoms with Crippen molar-refractivity contribution in [2.75, 3.05) is 25.0 Å². The largest absolute Gasteiger partial charge is 0.365 e. The second-order valence-corrected chi connectivity index (χ2v) is 11.7. The van der Waals surface area contributed by atoms with Crippen LogP contribution in [0.25, 0.3) is 0 Å². The van der Waals surface area contributed by atoms with Gasteiger partial charge in [0.2, 0.25) is 15.9 Å². The molecule has 2 aliphatic rings. The van der Waals surface area contributed by atoms with Crippen molar-refractivity contribution >= 4 is 38.2 Å². The van der Waals surface area contributed by atoms with Crippen LogP contribution in [-0.4, -0.2) is 55.1 Å². The van der Waals surface area contributed by atoms with E-state index in [4.69, 9.17) is 5.73 Å². The fraction of sp³-hybridized carbons (Fsp3) is 0.478. The van der Waals surface area contributed by atoms with Crippen LogP contribution in [0.3, 0.4) is 0 Å². The maximum absolute atomic E-state index is 13.2. The molecule has 178 valence electrons. The van der Waals surface area contributed by atoms with E-state index in [0.717, 1.165) is 42.1 Å². The summed E-state index contributed by atoms with van der Waals surface area (Å²) < 4.78 is 27.7. The lowest BCUT2D eigenvalue weighted by Crippen LogP contribution is -2.43. The lowest BCUT2D eigenvalue weighted by Gasteiger charge is -2.26. The van der Waals surface area contributed by atoms with Crippen LogP contribution in [0, 0.1) is 6.92 Å². The van der Waals surface area contributed by atoms with E-state index in [9.17, 15) is 18.0 Å². The summed E-state index contributed by atoms with van der Waals surface area (Å²) in [5, 5.41) is 3.28. The molecule has 8 nitrogen and oxygen atoms in total. The molecule has 2 aromatic rings. The van der Waals surface area contributed by atoms with E-state index < -0.39 is 27.9 Å². The first-order valence-corrected chi connectivity index (χ1v) is 13.5. The number of rotatable bonds is 7. The molecule has 3 heterocycles. The second-order valence-electron chi connectivity index (χ2n) is 8.67. The Bertz CT molecular complexity index is 1160. The highest BCUT2D eigenvalue weighted by atomic mass is 32.2. The Labute approximate surface area is 198 Å². The zero-order chi connectivity index (χ0) is 23.8. The smallest absolute Gasteiger partial charge is 0.251 e. The Kier molecular flexibility index (Phi) is 6.90. The quantitative estimate of drug-likeness (QED) is 0.620. The third-order valence-corrected chi connectivity index (χ3v) is 9.35. The molecule has 4 rings (SSSR count). The lowest BCUT2D eigenvalue weighted by atomic mass is 10.0. The van der Waals surface area contributed by atoms with Crippen LogP contribution in [0.15, 0.2) is 29.2 Å². The number of nitrogens with one attached hydrogen (secondary N) is 1. The van der Waals surface area contributed by atoms with Crippen molar-refractivity contribution in [2.24, 2.45) is 5.73 Å². The van der Waals surface area contributed by atoms with Gasteiger partial charge in [-0.1, -0.05) is 24.6 Å². The third kappa shape index (κ3) is 4.70. The minimum atomic E-state index is -3.81. The fourth-order valence-electron chi connectivity index (χ4n) is 4.64. The van der Waals surface area contributed by atoms with Gasteiger partial charge in [0.25, 0.3) is 5.91 Å². The molecule has 10 heteroatoms. The van der Waals surface area contributed by atoms with E-state index >= 15 is 0 Å². The summed E-state index contributed by atoms with van der Waals surface area (Å²) in [5.41, 5.74) is 7.92. The number of primary amides is 1. The summed E-state index contributed by atoms with van der Waals surface area (Å²) in [5.74, 6) is -0.989. The fourth-order valence-corrected chi connectivity index (χ4v) is 7.60. The van der Waals surface area contributed by atoms with Crippen LogP contribution < -0.4 is 11.1 Å². The van der Waals surface area contributed by atoms with Crippen molar-refractivity contribution < 1.29 is 18.0 Å². The standard InChI is InChI=1S/C23H30N4O4S2/c1-3-11-26-13-10-17-19(14-26)32-23(20(17)21(24)28)25-22(29)18-5-4-12-27(18)33(30,31)16-8-6-15(2)7-9-16/h6-9,18H,3-5,10-14H2,1-2H3,(H2,24,28)(H,25,29). The molecule has 1 fully saturated rings. The number of hydrogen-bond acceptors (Lipinski definition) is 6. The number of anilines is 1. The van der Waals surface area contributed by atoms with E-state index in [1.807, 2.05) is 6.92 Å². The van der Waals surface area contributed by atoms with Crippen LogP contribution in [0.2, 0.25) is 0 Å². The predicted octanol–water partition coefficient (Wildman–Crippen LogP) is 2.72. The Balaban J connectivity index is 1.58. The molecule has 0 bridgehead atoms. The van der Waals surface area contributed by atoms with Gasteiger partial charge in [-0.15, -0.1) is 11.3 Å². The number of nitrogens with zero attached hydrogens (tertiary/aromatic N) is 2. The molecule has 1 aromatic heterocycles. The minimum absolute atomic E-state index is 0.174. The summed E-state index contributed by atoms with van der Waals surface area (Å²) in [6, 6.07) is 5.80. The maximum atomic E-state index is 13.2. The predicted molar refractivity (Wildman–Crippen MR) is 129 cm³/mol. The Morgan fingerprint density at radius 2 is 1.94 bits per heavy atom.